The van der Waals surface area contributed by atoms with Gasteiger partial charge in [0.05, 0.1) is 11.8 Å². The molecule has 1 aliphatic heterocycles. The van der Waals surface area contributed by atoms with Crippen LogP contribution in [0.3, 0.4) is 0 Å². The Kier molecular flexibility index (Phi) is 4.01. The lowest BCUT2D eigenvalue weighted by atomic mass is 9.98. The number of halogens is 3. The Morgan fingerprint density at radius 2 is 1.71 bits per heavy atom. The van der Waals surface area contributed by atoms with Gasteiger partial charge in [-0.05, 0) is 17.7 Å². The molecule has 1 heterocycles. The molecule has 0 bridgehead atoms. The maximum Gasteiger partial charge on any atom is 0.473 e. The molecule has 1 unspecified atom stereocenters. The van der Waals surface area contributed by atoms with Crippen LogP contribution >= 0.6 is 0 Å². The van der Waals surface area contributed by atoms with Crippen molar-refractivity contribution in [2.45, 2.75) is 18.6 Å². The van der Waals surface area contributed by atoms with Crippen LogP contribution in [-0.2, 0) is 4.79 Å². The van der Waals surface area contributed by atoms with Crippen molar-refractivity contribution < 1.29 is 23.1 Å². The van der Waals surface area contributed by atoms with E-state index in [-0.39, 0.29) is 17.9 Å². The first kappa shape index (κ1) is 16.0. The lowest BCUT2D eigenvalue weighted by molar-refractivity contribution is -0.187. The first-order valence-electron chi connectivity index (χ1n) is 7.19. The number of phenols is 1. The number of nitrogens with zero attached hydrogens (tertiary/aromatic N) is 2. The summed E-state index contributed by atoms with van der Waals surface area (Å²) in [5.41, 5.74) is 1.10. The minimum Gasteiger partial charge on any atom is -0.507 e. The molecule has 0 aliphatic carbocycles. The molecular weight excluding hydrogens is 321 g/mol. The number of phenolic OH excluding ortho intramolecular Hbond substituents is 1. The monoisotopic (exact) mass is 334 g/mol. The van der Waals surface area contributed by atoms with Gasteiger partial charge < -0.3 is 5.11 Å². The van der Waals surface area contributed by atoms with Gasteiger partial charge in [0.2, 0.25) is 0 Å². The van der Waals surface area contributed by atoms with Crippen LogP contribution in [0.2, 0.25) is 0 Å². The molecule has 1 N–H and O–H groups in total. The third-order valence-corrected chi connectivity index (χ3v) is 3.76. The Hall–Kier alpha value is -2.83. The van der Waals surface area contributed by atoms with Crippen molar-refractivity contribution in [3.8, 4) is 5.75 Å². The van der Waals surface area contributed by atoms with Crippen molar-refractivity contribution in [1.29, 1.82) is 0 Å². The zero-order valence-corrected chi connectivity index (χ0v) is 12.4. The minimum absolute atomic E-state index is 0.0867. The molecule has 124 valence electrons. The summed E-state index contributed by atoms with van der Waals surface area (Å²) in [7, 11) is 0. The van der Waals surface area contributed by atoms with E-state index >= 15 is 0 Å². The quantitative estimate of drug-likeness (QED) is 0.912. The predicted molar refractivity (Wildman–Crippen MR) is 81.3 cm³/mol. The number of amides is 1. The summed E-state index contributed by atoms with van der Waals surface area (Å²) in [5.74, 6) is -2.12. The molecule has 1 atom stereocenters. The summed E-state index contributed by atoms with van der Waals surface area (Å²) in [5, 5.41) is 14.2. The maximum atomic E-state index is 12.9. The molecule has 0 saturated heterocycles. The van der Waals surface area contributed by atoms with Gasteiger partial charge in [0.1, 0.15) is 5.75 Å². The highest BCUT2D eigenvalue weighted by Crippen LogP contribution is 2.37. The average molecular weight is 334 g/mol. The second-order valence-electron chi connectivity index (χ2n) is 5.34. The van der Waals surface area contributed by atoms with Gasteiger partial charge in [-0.1, -0.05) is 42.5 Å². The number of rotatable bonds is 2. The van der Waals surface area contributed by atoms with Crippen molar-refractivity contribution in [1.82, 2.24) is 5.01 Å². The summed E-state index contributed by atoms with van der Waals surface area (Å²) >= 11 is 0. The number of carbonyl (C=O) groups is 1. The van der Waals surface area contributed by atoms with Crippen molar-refractivity contribution in [2.24, 2.45) is 5.10 Å². The Labute approximate surface area is 135 Å². The van der Waals surface area contributed by atoms with Crippen LogP contribution in [-0.4, -0.2) is 27.9 Å². The Morgan fingerprint density at radius 3 is 2.33 bits per heavy atom. The highest BCUT2D eigenvalue weighted by atomic mass is 19.4. The topological polar surface area (TPSA) is 52.9 Å². The van der Waals surface area contributed by atoms with E-state index in [2.05, 4.69) is 5.10 Å². The lowest BCUT2D eigenvalue weighted by Gasteiger charge is -2.22. The third kappa shape index (κ3) is 2.97. The molecule has 0 fully saturated rings. The van der Waals surface area contributed by atoms with E-state index in [0.29, 0.717) is 16.1 Å². The van der Waals surface area contributed by atoms with Gasteiger partial charge in [0, 0.05) is 12.0 Å². The summed E-state index contributed by atoms with van der Waals surface area (Å²) < 4.78 is 38.7. The largest absolute Gasteiger partial charge is 0.507 e. The van der Waals surface area contributed by atoms with Crippen molar-refractivity contribution in [2.75, 3.05) is 0 Å². The molecule has 2 aromatic carbocycles. The molecular formula is C17H13F3N2O2. The van der Waals surface area contributed by atoms with Crippen molar-refractivity contribution >= 4 is 11.6 Å². The van der Waals surface area contributed by atoms with Gasteiger partial charge >= 0.3 is 12.1 Å². The van der Waals surface area contributed by atoms with Crippen molar-refractivity contribution in [3.63, 3.8) is 0 Å². The molecule has 3 rings (SSSR count). The molecule has 0 aromatic heterocycles. The first-order valence-corrected chi connectivity index (χ1v) is 7.19. The number of hydrogen-bond acceptors (Lipinski definition) is 3. The van der Waals surface area contributed by atoms with Crippen LogP contribution in [0.5, 0.6) is 5.75 Å². The maximum absolute atomic E-state index is 12.9. The highest BCUT2D eigenvalue weighted by Gasteiger charge is 2.47. The van der Waals surface area contributed by atoms with E-state index in [9.17, 15) is 23.1 Å². The molecule has 2 aromatic rings. The van der Waals surface area contributed by atoms with Crippen LogP contribution in [0.15, 0.2) is 59.7 Å². The average Bonchev–Trinajstić information content (AvgIpc) is 2.99. The number of hydrogen-bond donors (Lipinski definition) is 1. The fourth-order valence-corrected chi connectivity index (χ4v) is 2.64. The normalized spacial score (nSPS) is 17.7. The van der Waals surface area contributed by atoms with Crippen LogP contribution < -0.4 is 0 Å². The summed E-state index contributed by atoms with van der Waals surface area (Å²) in [6.45, 7) is 0. The molecule has 1 amide bonds. The van der Waals surface area contributed by atoms with Gasteiger partial charge in [-0.15, -0.1) is 0 Å². The third-order valence-electron chi connectivity index (χ3n) is 3.76. The smallest absolute Gasteiger partial charge is 0.473 e. The molecule has 0 spiro atoms. The predicted octanol–water partition coefficient (Wildman–Crippen LogP) is 3.63. The number of benzene rings is 2. The number of hydrazone groups is 1. The zero-order chi connectivity index (χ0) is 17.3. The molecule has 24 heavy (non-hydrogen) atoms. The minimum atomic E-state index is -5.02. The summed E-state index contributed by atoms with van der Waals surface area (Å²) in [4.78, 5) is 11.7. The van der Waals surface area contributed by atoms with Crippen LogP contribution in [0.4, 0.5) is 13.2 Å². The molecule has 4 nitrogen and oxygen atoms in total. The fraction of sp³-hybridized carbons (Fsp3) is 0.176. The number of carbonyl (C=O) groups excluding carboxylic acids is 1. The number of aromatic hydroxyl groups is 1. The van der Waals surface area contributed by atoms with Crippen LogP contribution in [0, 0.1) is 0 Å². The van der Waals surface area contributed by atoms with E-state index in [1.54, 1.807) is 48.5 Å². The highest BCUT2D eigenvalue weighted by molar-refractivity contribution is 6.05. The van der Waals surface area contributed by atoms with Gasteiger partial charge in [-0.2, -0.15) is 18.3 Å². The van der Waals surface area contributed by atoms with Gasteiger partial charge in [0.25, 0.3) is 0 Å². The van der Waals surface area contributed by atoms with E-state index in [1.807, 2.05) is 0 Å². The Balaban J connectivity index is 2.02. The van der Waals surface area contributed by atoms with E-state index in [0.717, 1.165) is 0 Å². The van der Waals surface area contributed by atoms with E-state index in [1.165, 1.54) is 6.07 Å². The second kappa shape index (κ2) is 5.99. The van der Waals surface area contributed by atoms with Gasteiger partial charge in [-0.25, -0.2) is 5.01 Å². The summed E-state index contributed by atoms with van der Waals surface area (Å²) in [6.07, 6.45) is -4.94. The van der Waals surface area contributed by atoms with Gasteiger partial charge in [-0.3, -0.25) is 4.79 Å². The van der Waals surface area contributed by atoms with Crippen LogP contribution in [0.1, 0.15) is 23.6 Å². The Morgan fingerprint density at radius 1 is 1.08 bits per heavy atom. The number of alkyl halides is 3. The van der Waals surface area contributed by atoms with Crippen molar-refractivity contribution in [3.05, 3.63) is 65.7 Å². The molecule has 7 heteroatoms. The van der Waals surface area contributed by atoms with Gasteiger partial charge in [0.15, 0.2) is 0 Å². The summed E-state index contributed by atoms with van der Waals surface area (Å²) in [6, 6.07) is 13.7. The fourth-order valence-electron chi connectivity index (χ4n) is 2.64. The second-order valence-corrected chi connectivity index (χ2v) is 5.34. The first-order chi connectivity index (χ1) is 11.4. The molecule has 0 saturated carbocycles. The molecule has 1 aliphatic rings. The zero-order valence-electron chi connectivity index (χ0n) is 12.4. The molecule has 0 radical (unpaired) electrons. The number of para-hydroxylation sites is 1. The standard InChI is InChI=1S/C17H13F3N2O2/c18-17(19,20)16(24)22-14(11-6-2-1-3-7-11)10-13(21-22)12-8-4-5-9-15(12)23/h1-9,14,23H,10H2. The van der Waals surface area contributed by atoms with Crippen LogP contribution in [0.25, 0.3) is 0 Å². The Bertz CT molecular complexity index is 788. The van der Waals surface area contributed by atoms with E-state index in [4.69, 9.17) is 0 Å². The SMILES string of the molecule is O=C(N1N=C(c2ccccc2O)CC1c1ccccc1)C(F)(F)F. The van der Waals surface area contributed by atoms with E-state index < -0.39 is 18.1 Å². The lowest BCUT2D eigenvalue weighted by Crippen LogP contribution is -2.38.